The predicted octanol–water partition coefficient (Wildman–Crippen LogP) is 2.96. The Kier molecular flexibility index (Phi) is 5.33. The normalized spacial score (nSPS) is 12.4. The number of nitrogens with one attached hydrogen (secondary N) is 1. The van der Waals surface area contributed by atoms with Crippen LogP contribution in [-0.2, 0) is 6.54 Å². The molecule has 1 aromatic carbocycles. The van der Waals surface area contributed by atoms with Crippen LogP contribution in [0.1, 0.15) is 53.8 Å². The monoisotopic (exact) mass is 301 g/mol. The molecule has 3 N–H and O–H groups in total. The molecule has 0 bridgehead atoms. The topological polar surface area (TPSA) is 81.2 Å². The Hall–Kier alpha value is -2.14. The summed E-state index contributed by atoms with van der Waals surface area (Å²) < 4.78 is 5.32. The maximum absolute atomic E-state index is 12.1. The van der Waals surface area contributed by atoms with Crippen molar-refractivity contribution in [1.29, 1.82) is 0 Å². The first-order chi connectivity index (χ1) is 10.5. The van der Waals surface area contributed by atoms with Crippen molar-refractivity contribution in [2.24, 2.45) is 11.7 Å². The summed E-state index contributed by atoms with van der Waals surface area (Å²) in [5.41, 5.74) is 8.50. The van der Waals surface area contributed by atoms with Crippen LogP contribution in [-0.4, -0.2) is 10.9 Å². The Bertz CT molecular complexity index is 617. The number of carbonyl (C=O) groups is 1. The van der Waals surface area contributed by atoms with Gasteiger partial charge in [0.15, 0.2) is 5.69 Å². The first-order valence-corrected chi connectivity index (χ1v) is 7.50. The van der Waals surface area contributed by atoms with Gasteiger partial charge in [0.2, 0.25) is 5.89 Å². The third-order valence-electron chi connectivity index (χ3n) is 3.37. The smallest absolute Gasteiger partial charge is 0.273 e. The zero-order chi connectivity index (χ0) is 16.1. The van der Waals surface area contributed by atoms with Crippen LogP contribution in [0.5, 0.6) is 0 Å². The van der Waals surface area contributed by atoms with E-state index in [0.717, 1.165) is 12.0 Å². The highest BCUT2D eigenvalue weighted by atomic mass is 16.3. The minimum absolute atomic E-state index is 0.257. The Balaban J connectivity index is 1.92. The largest absolute Gasteiger partial charge is 0.446 e. The van der Waals surface area contributed by atoms with Gasteiger partial charge in [-0.3, -0.25) is 4.79 Å². The number of aryl methyl sites for hydroxylation is 1. The number of carbonyl (C=O) groups excluding carboxylic acids is 1. The number of nitrogens with two attached hydrogens (primary N) is 1. The number of benzene rings is 1. The van der Waals surface area contributed by atoms with Crippen LogP contribution in [0.3, 0.4) is 0 Å². The van der Waals surface area contributed by atoms with Crippen LogP contribution in [0.25, 0.3) is 0 Å². The maximum atomic E-state index is 12.1. The van der Waals surface area contributed by atoms with E-state index in [1.807, 2.05) is 31.2 Å². The van der Waals surface area contributed by atoms with Gasteiger partial charge in [-0.05, 0) is 24.8 Å². The molecule has 0 spiro atoms. The highest BCUT2D eigenvalue weighted by Gasteiger charge is 2.17. The SMILES string of the molecule is Cc1ccc(CNC(=O)c2coc(C(N)CC(C)C)n2)cc1. The summed E-state index contributed by atoms with van der Waals surface area (Å²) >= 11 is 0. The summed E-state index contributed by atoms with van der Waals surface area (Å²) in [4.78, 5) is 16.3. The highest BCUT2D eigenvalue weighted by molar-refractivity contribution is 5.91. The van der Waals surface area contributed by atoms with E-state index in [2.05, 4.69) is 24.1 Å². The predicted molar refractivity (Wildman–Crippen MR) is 85.2 cm³/mol. The van der Waals surface area contributed by atoms with Crippen molar-refractivity contribution in [3.05, 3.63) is 53.2 Å². The number of hydrogen-bond donors (Lipinski definition) is 2. The summed E-state index contributed by atoms with van der Waals surface area (Å²) in [5, 5.41) is 2.83. The Labute approximate surface area is 130 Å². The Morgan fingerprint density at radius 3 is 2.64 bits per heavy atom. The van der Waals surface area contributed by atoms with Gasteiger partial charge in [0.1, 0.15) is 6.26 Å². The molecule has 0 saturated heterocycles. The van der Waals surface area contributed by atoms with Crippen molar-refractivity contribution in [2.75, 3.05) is 0 Å². The van der Waals surface area contributed by atoms with Crippen LogP contribution in [0.4, 0.5) is 0 Å². The second-order valence-corrected chi connectivity index (χ2v) is 5.98. The maximum Gasteiger partial charge on any atom is 0.273 e. The van der Waals surface area contributed by atoms with Crippen molar-refractivity contribution in [3.63, 3.8) is 0 Å². The van der Waals surface area contributed by atoms with Gasteiger partial charge in [0, 0.05) is 6.54 Å². The van der Waals surface area contributed by atoms with Crippen LogP contribution in [0.15, 0.2) is 34.9 Å². The standard InChI is InChI=1S/C17H23N3O2/c1-11(2)8-14(18)17-20-15(10-22-17)16(21)19-9-13-6-4-12(3)5-7-13/h4-7,10-11,14H,8-9,18H2,1-3H3,(H,19,21). The Morgan fingerprint density at radius 1 is 1.32 bits per heavy atom. The quantitative estimate of drug-likeness (QED) is 0.859. The molecule has 5 nitrogen and oxygen atoms in total. The molecule has 0 fully saturated rings. The van der Waals surface area contributed by atoms with Gasteiger partial charge in [-0.25, -0.2) is 4.98 Å². The van der Waals surface area contributed by atoms with Gasteiger partial charge >= 0.3 is 0 Å². The second-order valence-electron chi connectivity index (χ2n) is 5.98. The van der Waals surface area contributed by atoms with Crippen molar-refractivity contribution in [2.45, 2.75) is 39.8 Å². The average molecular weight is 301 g/mol. The molecular formula is C17H23N3O2. The third kappa shape index (κ3) is 4.43. The molecule has 0 saturated carbocycles. The van der Waals surface area contributed by atoms with E-state index < -0.39 is 0 Å². The number of aromatic nitrogens is 1. The summed E-state index contributed by atoms with van der Waals surface area (Å²) in [6.07, 6.45) is 2.13. The number of oxazole rings is 1. The molecule has 1 unspecified atom stereocenters. The molecule has 1 atom stereocenters. The average Bonchev–Trinajstić information content (AvgIpc) is 2.95. The first kappa shape index (κ1) is 16.2. The molecule has 22 heavy (non-hydrogen) atoms. The molecule has 0 aliphatic carbocycles. The van der Waals surface area contributed by atoms with Gasteiger partial charge in [-0.2, -0.15) is 0 Å². The molecule has 2 rings (SSSR count). The van der Waals surface area contributed by atoms with E-state index in [9.17, 15) is 4.79 Å². The van der Waals surface area contributed by atoms with Crippen LogP contribution in [0, 0.1) is 12.8 Å². The fourth-order valence-corrected chi connectivity index (χ4v) is 2.15. The van der Waals surface area contributed by atoms with Crippen LogP contribution in [0.2, 0.25) is 0 Å². The third-order valence-corrected chi connectivity index (χ3v) is 3.37. The van der Waals surface area contributed by atoms with Gasteiger partial charge in [0.25, 0.3) is 5.91 Å². The number of amides is 1. The molecule has 1 heterocycles. The Morgan fingerprint density at radius 2 is 2.00 bits per heavy atom. The lowest BCUT2D eigenvalue weighted by atomic mass is 10.0. The minimum atomic E-state index is -0.279. The van der Waals surface area contributed by atoms with Crippen molar-refractivity contribution < 1.29 is 9.21 Å². The lowest BCUT2D eigenvalue weighted by molar-refractivity contribution is 0.0946. The van der Waals surface area contributed by atoms with E-state index in [0.29, 0.717) is 18.4 Å². The molecule has 118 valence electrons. The van der Waals surface area contributed by atoms with Gasteiger partial charge in [-0.1, -0.05) is 43.7 Å². The van der Waals surface area contributed by atoms with Crippen LogP contribution < -0.4 is 11.1 Å². The van der Waals surface area contributed by atoms with Crippen molar-refractivity contribution >= 4 is 5.91 Å². The van der Waals surface area contributed by atoms with Gasteiger partial charge < -0.3 is 15.5 Å². The minimum Gasteiger partial charge on any atom is -0.446 e. The fraction of sp³-hybridized carbons (Fsp3) is 0.412. The second kappa shape index (κ2) is 7.22. The molecule has 0 radical (unpaired) electrons. The van der Waals surface area contributed by atoms with Crippen molar-refractivity contribution in [1.82, 2.24) is 10.3 Å². The molecule has 2 aromatic rings. The van der Waals surface area contributed by atoms with E-state index >= 15 is 0 Å². The number of nitrogens with zero attached hydrogens (tertiary/aromatic N) is 1. The van der Waals surface area contributed by atoms with E-state index in [1.165, 1.54) is 11.8 Å². The zero-order valence-electron chi connectivity index (χ0n) is 13.3. The summed E-state index contributed by atoms with van der Waals surface area (Å²) in [6.45, 7) is 6.65. The van der Waals surface area contributed by atoms with E-state index in [4.69, 9.17) is 10.2 Å². The van der Waals surface area contributed by atoms with Gasteiger partial charge in [-0.15, -0.1) is 0 Å². The summed E-state index contributed by atoms with van der Waals surface area (Å²) in [7, 11) is 0. The molecule has 1 aromatic heterocycles. The summed E-state index contributed by atoms with van der Waals surface area (Å²) in [5.74, 6) is 0.599. The fourth-order valence-electron chi connectivity index (χ4n) is 2.15. The first-order valence-electron chi connectivity index (χ1n) is 7.50. The molecule has 5 heteroatoms. The highest BCUT2D eigenvalue weighted by Crippen LogP contribution is 2.18. The van der Waals surface area contributed by atoms with Crippen LogP contribution >= 0.6 is 0 Å². The number of rotatable bonds is 6. The summed E-state index contributed by atoms with van der Waals surface area (Å²) in [6, 6.07) is 7.73. The zero-order valence-corrected chi connectivity index (χ0v) is 13.3. The molecule has 0 aliphatic rings. The van der Waals surface area contributed by atoms with E-state index in [-0.39, 0.29) is 17.6 Å². The lowest BCUT2D eigenvalue weighted by Gasteiger charge is -2.09. The molecule has 0 aliphatic heterocycles. The van der Waals surface area contributed by atoms with Crippen molar-refractivity contribution in [3.8, 4) is 0 Å². The number of hydrogen-bond acceptors (Lipinski definition) is 4. The lowest BCUT2D eigenvalue weighted by Crippen LogP contribution is -2.23. The van der Waals surface area contributed by atoms with Gasteiger partial charge in [0.05, 0.1) is 6.04 Å². The van der Waals surface area contributed by atoms with E-state index in [1.54, 1.807) is 0 Å². The molecular weight excluding hydrogens is 278 g/mol. The molecule has 1 amide bonds.